The van der Waals surface area contributed by atoms with Crippen molar-refractivity contribution in [3.8, 4) is 28.4 Å². The van der Waals surface area contributed by atoms with Crippen LogP contribution in [-0.2, 0) is 14.3 Å². The summed E-state index contributed by atoms with van der Waals surface area (Å²) >= 11 is 0. The first-order valence-electron chi connectivity index (χ1n) is 11.0. The van der Waals surface area contributed by atoms with Gasteiger partial charge in [0.25, 0.3) is 5.91 Å². The fraction of sp³-hybridized carbons (Fsp3) is 0.269. The lowest BCUT2D eigenvalue weighted by Gasteiger charge is -2.09. The summed E-state index contributed by atoms with van der Waals surface area (Å²) in [5.41, 5.74) is 3.00. The minimum absolute atomic E-state index is 0.321. The fourth-order valence-electron chi connectivity index (χ4n) is 3.23. The SMILES string of the molecule is CCCCNC(=O)COC(=O)/C=C/c1cn(-c2ccccc2)nc1-c1ccc(OC)c(OC)c1. The Balaban J connectivity index is 1.84. The highest BCUT2D eigenvalue weighted by Crippen LogP contribution is 2.33. The maximum absolute atomic E-state index is 12.2. The molecule has 1 aromatic heterocycles. The van der Waals surface area contributed by atoms with E-state index in [9.17, 15) is 9.59 Å². The zero-order valence-electron chi connectivity index (χ0n) is 19.6. The number of carbonyl (C=O) groups excluding carboxylic acids is 2. The number of unbranched alkanes of at least 4 members (excludes halogenated alkanes) is 1. The summed E-state index contributed by atoms with van der Waals surface area (Å²) in [6.07, 6.45) is 6.58. The van der Waals surface area contributed by atoms with E-state index in [4.69, 9.17) is 19.3 Å². The third-order valence-corrected chi connectivity index (χ3v) is 5.02. The molecule has 0 aliphatic heterocycles. The van der Waals surface area contributed by atoms with Crippen LogP contribution < -0.4 is 14.8 Å². The Bertz CT molecular complexity index is 1140. The molecule has 0 atom stereocenters. The average molecular weight is 464 g/mol. The number of carbonyl (C=O) groups is 2. The van der Waals surface area contributed by atoms with E-state index >= 15 is 0 Å². The number of nitrogens with zero attached hydrogens (tertiary/aromatic N) is 2. The molecule has 178 valence electrons. The van der Waals surface area contributed by atoms with Crippen molar-refractivity contribution < 1.29 is 23.8 Å². The molecule has 0 saturated carbocycles. The number of amides is 1. The van der Waals surface area contributed by atoms with E-state index in [2.05, 4.69) is 5.32 Å². The summed E-state index contributed by atoms with van der Waals surface area (Å²) in [6, 6.07) is 15.1. The molecule has 0 aliphatic rings. The van der Waals surface area contributed by atoms with Gasteiger partial charge in [-0.15, -0.1) is 0 Å². The smallest absolute Gasteiger partial charge is 0.331 e. The van der Waals surface area contributed by atoms with Gasteiger partial charge in [-0.05, 0) is 42.8 Å². The lowest BCUT2D eigenvalue weighted by molar-refractivity contribution is -0.143. The average Bonchev–Trinajstić information content (AvgIpc) is 3.30. The molecule has 8 nitrogen and oxygen atoms in total. The van der Waals surface area contributed by atoms with Gasteiger partial charge in [0.1, 0.15) is 5.69 Å². The van der Waals surface area contributed by atoms with Gasteiger partial charge in [-0.3, -0.25) is 4.79 Å². The predicted octanol–water partition coefficient (Wildman–Crippen LogP) is 4.03. The Labute approximate surface area is 199 Å². The van der Waals surface area contributed by atoms with Gasteiger partial charge in [0, 0.05) is 29.9 Å². The number of ether oxygens (including phenoxy) is 3. The first kappa shape index (κ1) is 24.6. The molecule has 34 heavy (non-hydrogen) atoms. The summed E-state index contributed by atoms with van der Waals surface area (Å²) in [4.78, 5) is 24.0. The number of methoxy groups -OCH3 is 2. The summed E-state index contributed by atoms with van der Waals surface area (Å²) in [5, 5.41) is 7.44. The number of para-hydroxylation sites is 1. The minimum Gasteiger partial charge on any atom is -0.493 e. The monoisotopic (exact) mass is 463 g/mol. The third-order valence-electron chi connectivity index (χ3n) is 5.02. The molecule has 3 rings (SSSR count). The summed E-state index contributed by atoms with van der Waals surface area (Å²) < 4.78 is 17.6. The molecule has 1 N–H and O–H groups in total. The quantitative estimate of drug-likeness (QED) is 0.262. The van der Waals surface area contributed by atoms with Crippen molar-refractivity contribution in [2.24, 2.45) is 0 Å². The van der Waals surface area contributed by atoms with Crippen molar-refractivity contribution in [3.63, 3.8) is 0 Å². The molecule has 8 heteroatoms. The van der Waals surface area contributed by atoms with E-state index in [0.717, 1.165) is 24.1 Å². The largest absolute Gasteiger partial charge is 0.493 e. The molecular weight excluding hydrogens is 434 g/mol. The normalized spacial score (nSPS) is 10.8. The van der Waals surface area contributed by atoms with E-state index in [1.807, 2.05) is 55.6 Å². The highest BCUT2D eigenvalue weighted by atomic mass is 16.5. The number of hydrogen-bond donors (Lipinski definition) is 1. The van der Waals surface area contributed by atoms with Crippen LogP contribution in [-0.4, -0.2) is 49.0 Å². The second kappa shape index (κ2) is 12.2. The molecular formula is C26H29N3O5. The van der Waals surface area contributed by atoms with Crippen molar-refractivity contribution in [1.29, 1.82) is 0 Å². The Morgan fingerprint density at radius 1 is 1.06 bits per heavy atom. The molecule has 2 aromatic carbocycles. The second-order valence-electron chi connectivity index (χ2n) is 7.43. The maximum Gasteiger partial charge on any atom is 0.331 e. The third kappa shape index (κ3) is 6.48. The van der Waals surface area contributed by atoms with E-state index in [1.54, 1.807) is 31.0 Å². The van der Waals surface area contributed by atoms with Crippen molar-refractivity contribution >= 4 is 18.0 Å². The number of nitrogens with one attached hydrogen (secondary N) is 1. The lowest BCUT2D eigenvalue weighted by Crippen LogP contribution is -2.29. The van der Waals surface area contributed by atoms with Crippen molar-refractivity contribution in [3.05, 3.63) is 66.4 Å². The van der Waals surface area contributed by atoms with E-state index in [-0.39, 0.29) is 12.5 Å². The van der Waals surface area contributed by atoms with Crippen LogP contribution in [0.15, 0.2) is 60.8 Å². The highest BCUT2D eigenvalue weighted by molar-refractivity contribution is 5.90. The van der Waals surface area contributed by atoms with Crippen LogP contribution in [0, 0.1) is 0 Å². The summed E-state index contributed by atoms with van der Waals surface area (Å²) in [6.45, 7) is 2.28. The van der Waals surface area contributed by atoms with Crippen molar-refractivity contribution in [2.75, 3.05) is 27.4 Å². The van der Waals surface area contributed by atoms with Crippen LogP contribution in [0.5, 0.6) is 11.5 Å². The van der Waals surface area contributed by atoms with Crippen molar-refractivity contribution in [2.45, 2.75) is 19.8 Å². The molecule has 0 radical (unpaired) electrons. The molecule has 0 spiro atoms. The lowest BCUT2D eigenvalue weighted by atomic mass is 10.1. The second-order valence-corrected chi connectivity index (χ2v) is 7.43. The van der Waals surface area contributed by atoms with Gasteiger partial charge < -0.3 is 19.5 Å². The molecule has 0 aliphatic carbocycles. The van der Waals surface area contributed by atoms with Crippen LogP contribution in [0.4, 0.5) is 0 Å². The number of hydrogen-bond acceptors (Lipinski definition) is 6. The minimum atomic E-state index is -0.614. The molecule has 0 bridgehead atoms. The zero-order chi connectivity index (χ0) is 24.3. The van der Waals surface area contributed by atoms with Crippen LogP contribution in [0.2, 0.25) is 0 Å². The van der Waals surface area contributed by atoms with Gasteiger partial charge in [-0.25, -0.2) is 9.48 Å². The van der Waals surface area contributed by atoms with E-state index in [1.165, 1.54) is 6.08 Å². The highest BCUT2D eigenvalue weighted by Gasteiger charge is 2.14. The van der Waals surface area contributed by atoms with Gasteiger partial charge in [-0.1, -0.05) is 31.5 Å². The molecule has 3 aromatic rings. The molecule has 0 unspecified atom stereocenters. The van der Waals surface area contributed by atoms with Crippen LogP contribution >= 0.6 is 0 Å². The van der Waals surface area contributed by atoms with E-state index in [0.29, 0.717) is 29.3 Å². The maximum atomic E-state index is 12.2. The first-order chi connectivity index (χ1) is 16.5. The van der Waals surface area contributed by atoms with Crippen LogP contribution in [0.1, 0.15) is 25.3 Å². The van der Waals surface area contributed by atoms with Crippen LogP contribution in [0.3, 0.4) is 0 Å². The number of aromatic nitrogens is 2. The Hall–Kier alpha value is -4.07. The number of esters is 1. The Kier molecular flexibility index (Phi) is 8.85. The van der Waals surface area contributed by atoms with Crippen LogP contribution in [0.25, 0.3) is 23.0 Å². The Morgan fingerprint density at radius 3 is 2.53 bits per heavy atom. The molecule has 1 amide bonds. The van der Waals surface area contributed by atoms with Gasteiger partial charge in [0.15, 0.2) is 18.1 Å². The fourth-order valence-corrected chi connectivity index (χ4v) is 3.23. The van der Waals surface area contributed by atoms with Gasteiger partial charge >= 0.3 is 5.97 Å². The van der Waals surface area contributed by atoms with E-state index < -0.39 is 5.97 Å². The summed E-state index contributed by atoms with van der Waals surface area (Å²) in [7, 11) is 3.14. The zero-order valence-corrected chi connectivity index (χ0v) is 19.6. The molecule has 1 heterocycles. The predicted molar refractivity (Wildman–Crippen MR) is 130 cm³/mol. The standard InChI is InChI=1S/C26H29N3O5/c1-4-5-15-27-24(30)18-34-25(31)14-12-20-17-29(21-9-7-6-8-10-21)28-26(20)19-11-13-22(32-2)23(16-19)33-3/h6-14,16-17H,4-5,15,18H2,1-3H3,(H,27,30)/b14-12+. The Morgan fingerprint density at radius 2 is 1.82 bits per heavy atom. The molecule has 0 saturated heterocycles. The number of rotatable bonds is 11. The van der Waals surface area contributed by atoms with Gasteiger partial charge in [0.2, 0.25) is 0 Å². The first-order valence-corrected chi connectivity index (χ1v) is 11.0. The topological polar surface area (TPSA) is 91.7 Å². The number of benzene rings is 2. The van der Waals surface area contributed by atoms with Crippen molar-refractivity contribution in [1.82, 2.24) is 15.1 Å². The van der Waals surface area contributed by atoms with Gasteiger partial charge in [-0.2, -0.15) is 5.10 Å². The van der Waals surface area contributed by atoms with Gasteiger partial charge in [0.05, 0.1) is 19.9 Å². The summed E-state index contributed by atoms with van der Waals surface area (Å²) in [5.74, 6) is 0.235. The molecule has 0 fully saturated rings.